The lowest BCUT2D eigenvalue weighted by atomic mass is 10.1. The summed E-state index contributed by atoms with van der Waals surface area (Å²) in [5.41, 5.74) is 0.786. The van der Waals surface area contributed by atoms with Crippen LogP contribution in [0.1, 0.15) is 30.2 Å². The largest absolute Gasteiger partial charge is 0.377 e. The first-order valence-electron chi connectivity index (χ1n) is 8.09. The van der Waals surface area contributed by atoms with Gasteiger partial charge in [0.15, 0.2) is 11.9 Å². The zero-order chi connectivity index (χ0) is 18.4. The molecule has 3 aromatic rings. The Hall–Kier alpha value is -3.14. The van der Waals surface area contributed by atoms with Crippen LogP contribution in [-0.2, 0) is 22.7 Å². The van der Waals surface area contributed by atoms with Crippen molar-refractivity contribution in [2.45, 2.75) is 26.1 Å². The zero-order valence-electron chi connectivity index (χ0n) is 14.5. The Morgan fingerprint density at radius 1 is 1.35 bits per heavy atom. The quantitative estimate of drug-likeness (QED) is 0.583. The molecule has 2 aromatic heterocycles. The number of nitrogens with zero attached hydrogens (tertiary/aromatic N) is 7. The number of hydrogen-bond donors (Lipinski definition) is 0. The van der Waals surface area contributed by atoms with Crippen molar-refractivity contribution in [2.75, 3.05) is 13.7 Å². The molecule has 0 saturated heterocycles. The number of methoxy groups -OCH3 is 1. The van der Waals surface area contributed by atoms with E-state index in [0.29, 0.717) is 18.3 Å². The van der Waals surface area contributed by atoms with Gasteiger partial charge in [-0.1, -0.05) is 35.5 Å². The Kier molecular flexibility index (Phi) is 5.64. The van der Waals surface area contributed by atoms with Gasteiger partial charge in [-0.2, -0.15) is 4.98 Å². The van der Waals surface area contributed by atoms with Gasteiger partial charge in [-0.15, -0.1) is 5.10 Å². The van der Waals surface area contributed by atoms with Gasteiger partial charge < -0.3 is 14.2 Å². The monoisotopic (exact) mass is 357 g/mol. The summed E-state index contributed by atoms with van der Waals surface area (Å²) in [5, 5.41) is 15.0. The summed E-state index contributed by atoms with van der Waals surface area (Å²) < 4.78 is 11.6. The molecular formula is C16H19N7O3. The summed E-state index contributed by atoms with van der Waals surface area (Å²) in [5.74, 6) is 0.611. The summed E-state index contributed by atoms with van der Waals surface area (Å²) >= 11 is 0. The first kappa shape index (κ1) is 17.7. The van der Waals surface area contributed by atoms with Crippen LogP contribution in [0.2, 0.25) is 0 Å². The second-order valence-corrected chi connectivity index (χ2v) is 5.49. The molecule has 1 aromatic carbocycles. The van der Waals surface area contributed by atoms with Crippen molar-refractivity contribution in [3.63, 3.8) is 0 Å². The molecule has 0 aliphatic heterocycles. The lowest BCUT2D eigenvalue weighted by Crippen LogP contribution is -2.37. The molecule has 0 aliphatic rings. The van der Waals surface area contributed by atoms with E-state index >= 15 is 0 Å². The van der Waals surface area contributed by atoms with Crippen molar-refractivity contribution in [3.8, 4) is 0 Å². The van der Waals surface area contributed by atoms with Crippen LogP contribution in [0, 0.1) is 0 Å². The predicted octanol–water partition coefficient (Wildman–Crippen LogP) is 0.841. The average molecular weight is 357 g/mol. The molecular weight excluding hydrogens is 338 g/mol. The van der Waals surface area contributed by atoms with Crippen LogP contribution in [0.15, 0.2) is 41.2 Å². The Morgan fingerprint density at radius 2 is 2.15 bits per heavy atom. The van der Waals surface area contributed by atoms with Crippen LogP contribution in [0.5, 0.6) is 0 Å². The van der Waals surface area contributed by atoms with Crippen LogP contribution < -0.4 is 0 Å². The first-order valence-corrected chi connectivity index (χ1v) is 8.09. The number of benzene rings is 1. The zero-order valence-corrected chi connectivity index (χ0v) is 14.5. The lowest BCUT2D eigenvalue weighted by molar-refractivity contribution is -0.134. The Labute approximate surface area is 149 Å². The van der Waals surface area contributed by atoms with Crippen molar-refractivity contribution in [3.05, 3.63) is 53.9 Å². The van der Waals surface area contributed by atoms with Gasteiger partial charge in [-0.3, -0.25) is 4.79 Å². The molecule has 0 saturated carbocycles. The first-order chi connectivity index (χ1) is 12.7. The summed E-state index contributed by atoms with van der Waals surface area (Å²) in [6, 6.07) is 8.67. The number of rotatable bonds is 8. The number of amides is 1. The minimum atomic E-state index is -0.674. The molecule has 0 fully saturated rings. The standard InChI is InChI=1S/C16H19N7O3/c1-3-22(9-14-18-13(10-25-2)19-26-14)16(24)15(23-11-17-20-21-23)12-7-5-4-6-8-12/h4-8,11,15H,3,9-10H2,1-2H3/t15-/m0/s1. The highest BCUT2D eigenvalue weighted by Gasteiger charge is 2.29. The molecule has 10 nitrogen and oxygen atoms in total. The molecule has 0 spiro atoms. The number of carbonyl (C=O) groups is 1. The van der Waals surface area contributed by atoms with Crippen molar-refractivity contribution in [2.24, 2.45) is 0 Å². The third kappa shape index (κ3) is 3.91. The third-order valence-electron chi connectivity index (χ3n) is 3.78. The van der Waals surface area contributed by atoms with Crippen LogP contribution in [-0.4, -0.2) is 54.8 Å². The van der Waals surface area contributed by atoms with Gasteiger partial charge in [-0.05, 0) is 22.9 Å². The van der Waals surface area contributed by atoms with Gasteiger partial charge in [0.1, 0.15) is 19.5 Å². The molecule has 2 heterocycles. The van der Waals surface area contributed by atoms with Gasteiger partial charge in [0.05, 0.1) is 0 Å². The van der Waals surface area contributed by atoms with Crippen molar-refractivity contribution >= 4 is 5.91 Å². The van der Waals surface area contributed by atoms with Gasteiger partial charge in [-0.25, -0.2) is 4.68 Å². The second kappa shape index (κ2) is 8.30. The highest BCUT2D eigenvalue weighted by molar-refractivity contribution is 5.83. The van der Waals surface area contributed by atoms with Crippen molar-refractivity contribution in [1.29, 1.82) is 0 Å². The highest BCUT2D eigenvalue weighted by Crippen LogP contribution is 2.20. The molecule has 1 atom stereocenters. The molecule has 26 heavy (non-hydrogen) atoms. The van der Waals surface area contributed by atoms with Crippen LogP contribution in [0.3, 0.4) is 0 Å². The molecule has 0 unspecified atom stereocenters. The van der Waals surface area contributed by atoms with Gasteiger partial charge in [0, 0.05) is 13.7 Å². The maximum Gasteiger partial charge on any atom is 0.252 e. The van der Waals surface area contributed by atoms with E-state index in [4.69, 9.17) is 9.26 Å². The molecule has 1 amide bonds. The minimum Gasteiger partial charge on any atom is -0.377 e. The summed E-state index contributed by atoms with van der Waals surface area (Å²) in [6.45, 7) is 2.79. The van der Waals surface area contributed by atoms with Crippen molar-refractivity contribution < 1.29 is 14.1 Å². The van der Waals surface area contributed by atoms with E-state index < -0.39 is 6.04 Å². The summed E-state index contributed by atoms with van der Waals surface area (Å²) in [7, 11) is 1.55. The summed E-state index contributed by atoms with van der Waals surface area (Å²) in [4.78, 5) is 19.0. The van der Waals surface area contributed by atoms with E-state index in [1.807, 2.05) is 37.3 Å². The molecule has 0 N–H and O–H groups in total. The normalized spacial score (nSPS) is 12.1. The van der Waals surface area contributed by atoms with E-state index in [-0.39, 0.29) is 19.1 Å². The molecule has 136 valence electrons. The molecule has 0 aliphatic carbocycles. The lowest BCUT2D eigenvalue weighted by Gasteiger charge is -2.25. The molecule has 3 rings (SSSR count). The highest BCUT2D eigenvalue weighted by atomic mass is 16.5. The number of hydrogen-bond acceptors (Lipinski definition) is 8. The fourth-order valence-electron chi connectivity index (χ4n) is 2.55. The number of carbonyl (C=O) groups excluding carboxylic acids is 1. The van der Waals surface area contributed by atoms with E-state index in [2.05, 4.69) is 25.7 Å². The number of likely N-dealkylation sites (N-methyl/N-ethyl adjacent to an activating group) is 1. The van der Waals surface area contributed by atoms with Gasteiger partial charge >= 0.3 is 0 Å². The fraction of sp³-hybridized carbons (Fsp3) is 0.375. The van der Waals surface area contributed by atoms with E-state index in [9.17, 15) is 4.79 Å². The SMILES string of the molecule is CCN(Cc1nc(COC)no1)C(=O)[C@H](c1ccccc1)n1cnnn1. The van der Waals surface area contributed by atoms with Crippen LogP contribution in [0.4, 0.5) is 0 Å². The van der Waals surface area contributed by atoms with E-state index in [0.717, 1.165) is 5.56 Å². The topological polar surface area (TPSA) is 112 Å². The number of aromatic nitrogens is 6. The Bertz CT molecular complexity index is 820. The fourth-order valence-corrected chi connectivity index (χ4v) is 2.55. The maximum absolute atomic E-state index is 13.2. The minimum absolute atomic E-state index is 0.169. The van der Waals surface area contributed by atoms with Crippen LogP contribution >= 0.6 is 0 Å². The Morgan fingerprint density at radius 3 is 2.81 bits per heavy atom. The Balaban J connectivity index is 1.84. The third-order valence-corrected chi connectivity index (χ3v) is 3.78. The number of tetrazole rings is 1. The second-order valence-electron chi connectivity index (χ2n) is 5.49. The summed E-state index contributed by atoms with van der Waals surface area (Å²) in [6.07, 6.45) is 1.42. The van der Waals surface area contributed by atoms with E-state index in [1.54, 1.807) is 12.0 Å². The molecule has 0 bridgehead atoms. The smallest absolute Gasteiger partial charge is 0.252 e. The molecule has 10 heteroatoms. The maximum atomic E-state index is 13.2. The number of ether oxygens (including phenoxy) is 1. The molecule has 0 radical (unpaired) electrons. The van der Waals surface area contributed by atoms with Gasteiger partial charge in [0.25, 0.3) is 5.91 Å². The van der Waals surface area contributed by atoms with Gasteiger partial charge in [0.2, 0.25) is 5.89 Å². The average Bonchev–Trinajstić information content (AvgIpc) is 3.33. The predicted molar refractivity (Wildman–Crippen MR) is 88.5 cm³/mol. The van der Waals surface area contributed by atoms with E-state index in [1.165, 1.54) is 11.0 Å². The van der Waals surface area contributed by atoms with Crippen molar-refractivity contribution in [1.82, 2.24) is 35.2 Å². The van der Waals surface area contributed by atoms with Crippen LogP contribution in [0.25, 0.3) is 0 Å².